The van der Waals surface area contributed by atoms with Gasteiger partial charge in [-0.05, 0) is 47.5 Å². The van der Waals surface area contributed by atoms with Crippen LogP contribution in [-0.2, 0) is 0 Å². The zero-order chi connectivity index (χ0) is 15.9. The molecule has 0 aliphatic heterocycles. The van der Waals surface area contributed by atoms with E-state index in [2.05, 4.69) is 0 Å². The first-order valence-electron chi connectivity index (χ1n) is 6.48. The predicted octanol–water partition coefficient (Wildman–Crippen LogP) is 0.402. The van der Waals surface area contributed by atoms with Crippen LogP contribution in [0.25, 0.3) is 12.2 Å². The molecule has 3 aromatic carbocycles. The number of phenolic OH excluding ortho intramolecular Hbond substituents is 4. The van der Waals surface area contributed by atoms with Crippen LogP contribution in [0.3, 0.4) is 0 Å². The molecule has 0 fully saturated rings. The van der Waals surface area contributed by atoms with Crippen molar-refractivity contribution in [3.8, 4) is 23.0 Å². The standard InChI is InChI=1S/C17H12O5/c18-13-3-1-9(7-15(13)20)5-11-12(17(11)22)6-10-2-4-14(19)16(21)8-10/h1-8,18-21H/b11-5+,12-6+. The predicted molar refractivity (Wildman–Crippen MR) is 81.0 cm³/mol. The van der Waals surface area contributed by atoms with Gasteiger partial charge in [0.2, 0.25) is 0 Å². The first-order chi connectivity index (χ1) is 10.5. The molecule has 0 saturated carbocycles. The molecule has 0 amide bonds. The van der Waals surface area contributed by atoms with Crippen LogP contribution >= 0.6 is 0 Å². The van der Waals surface area contributed by atoms with Crippen LogP contribution in [0, 0.1) is 0 Å². The first kappa shape index (κ1) is 13.8. The van der Waals surface area contributed by atoms with Crippen LogP contribution in [0.1, 0.15) is 11.1 Å². The summed E-state index contributed by atoms with van der Waals surface area (Å²) >= 11 is 0. The highest BCUT2D eigenvalue weighted by Gasteiger charge is 2.08. The van der Waals surface area contributed by atoms with Crippen LogP contribution in [-0.4, -0.2) is 20.4 Å². The van der Waals surface area contributed by atoms with Crippen molar-refractivity contribution in [1.29, 1.82) is 0 Å². The van der Waals surface area contributed by atoms with Gasteiger partial charge in [-0.1, -0.05) is 12.1 Å². The lowest BCUT2D eigenvalue weighted by molar-refractivity contribution is 0.403. The fraction of sp³-hybridized carbons (Fsp3) is 0. The normalized spacial score (nSPS) is 13.1. The van der Waals surface area contributed by atoms with E-state index in [-0.39, 0.29) is 28.4 Å². The third-order valence-electron chi connectivity index (χ3n) is 3.34. The van der Waals surface area contributed by atoms with Crippen molar-refractivity contribution in [2.24, 2.45) is 0 Å². The average Bonchev–Trinajstić information content (AvgIpc) is 3.07. The van der Waals surface area contributed by atoms with Crippen LogP contribution in [0.5, 0.6) is 23.0 Å². The summed E-state index contributed by atoms with van der Waals surface area (Å²) in [7, 11) is 0. The molecule has 0 aliphatic rings. The lowest BCUT2D eigenvalue weighted by atomic mass is 10.2. The highest BCUT2D eigenvalue weighted by atomic mass is 16.3. The molecule has 0 atom stereocenters. The molecule has 0 unspecified atom stereocenters. The van der Waals surface area contributed by atoms with Gasteiger partial charge in [0, 0.05) is 10.4 Å². The summed E-state index contributed by atoms with van der Waals surface area (Å²) in [5, 5.41) is 38.3. The Morgan fingerprint density at radius 2 is 1.05 bits per heavy atom. The molecule has 0 aliphatic carbocycles. The van der Waals surface area contributed by atoms with Gasteiger partial charge in [0.15, 0.2) is 28.4 Å². The van der Waals surface area contributed by atoms with Crippen LogP contribution in [0.4, 0.5) is 0 Å². The quantitative estimate of drug-likeness (QED) is 0.513. The molecule has 5 heteroatoms. The molecule has 110 valence electrons. The molecular formula is C17H12O5. The van der Waals surface area contributed by atoms with Gasteiger partial charge in [-0.25, -0.2) is 0 Å². The number of benzene rings is 2. The molecule has 4 N–H and O–H groups in total. The fourth-order valence-electron chi connectivity index (χ4n) is 2.08. The smallest absolute Gasteiger partial charge is 0.194 e. The topological polar surface area (TPSA) is 98.0 Å². The van der Waals surface area contributed by atoms with Crippen molar-refractivity contribution in [1.82, 2.24) is 0 Å². The average molecular weight is 296 g/mol. The highest BCUT2D eigenvalue weighted by molar-refractivity contribution is 5.61. The van der Waals surface area contributed by atoms with Gasteiger partial charge in [0.25, 0.3) is 0 Å². The maximum atomic E-state index is 11.8. The van der Waals surface area contributed by atoms with Crippen LogP contribution < -0.4 is 15.9 Å². The minimum atomic E-state index is -0.253. The van der Waals surface area contributed by atoms with E-state index in [1.807, 2.05) is 0 Å². The second-order valence-electron chi connectivity index (χ2n) is 4.94. The number of hydrogen-bond acceptors (Lipinski definition) is 5. The molecule has 0 heterocycles. The van der Waals surface area contributed by atoms with E-state index in [9.17, 15) is 25.2 Å². The monoisotopic (exact) mass is 296 g/mol. The van der Waals surface area contributed by atoms with Gasteiger partial charge < -0.3 is 20.4 Å². The zero-order valence-corrected chi connectivity index (χ0v) is 11.3. The Hall–Kier alpha value is -3.21. The SMILES string of the molecule is O=c1c(=C/c2ccc(O)c(O)c2)/c1=C\c1ccc(O)c(O)c1. The number of aromatic hydroxyl groups is 4. The Bertz CT molecular complexity index is 912. The first-order valence-corrected chi connectivity index (χ1v) is 6.48. The van der Waals surface area contributed by atoms with Crippen molar-refractivity contribution in [2.75, 3.05) is 0 Å². The van der Waals surface area contributed by atoms with Crippen molar-refractivity contribution in [2.45, 2.75) is 0 Å². The summed E-state index contributed by atoms with van der Waals surface area (Å²) in [5.74, 6) is -0.952. The minimum Gasteiger partial charge on any atom is -0.504 e. The Labute approximate surface area is 124 Å². The molecular weight excluding hydrogens is 284 g/mol. The Morgan fingerprint density at radius 1 is 0.636 bits per heavy atom. The summed E-state index contributed by atoms with van der Waals surface area (Å²) in [6.07, 6.45) is 3.21. The molecule has 0 radical (unpaired) electrons. The Kier molecular flexibility index (Phi) is 3.10. The number of rotatable bonds is 2. The Morgan fingerprint density at radius 3 is 1.41 bits per heavy atom. The fourth-order valence-corrected chi connectivity index (χ4v) is 2.08. The molecule has 22 heavy (non-hydrogen) atoms. The number of phenols is 4. The highest BCUT2D eigenvalue weighted by Crippen LogP contribution is 2.25. The largest absolute Gasteiger partial charge is 0.504 e. The maximum Gasteiger partial charge on any atom is 0.194 e. The summed E-state index contributed by atoms with van der Waals surface area (Å²) in [4.78, 5) is 11.8. The van der Waals surface area contributed by atoms with E-state index in [4.69, 9.17) is 0 Å². The summed E-state index contributed by atoms with van der Waals surface area (Å²) in [6.45, 7) is 0. The van der Waals surface area contributed by atoms with E-state index >= 15 is 0 Å². The van der Waals surface area contributed by atoms with E-state index in [0.717, 1.165) is 0 Å². The van der Waals surface area contributed by atoms with E-state index < -0.39 is 0 Å². The van der Waals surface area contributed by atoms with Gasteiger partial charge in [-0.2, -0.15) is 0 Å². The van der Waals surface area contributed by atoms with Crippen molar-refractivity contribution >= 4 is 12.2 Å². The van der Waals surface area contributed by atoms with Gasteiger partial charge >= 0.3 is 0 Å². The third-order valence-corrected chi connectivity index (χ3v) is 3.34. The second-order valence-corrected chi connectivity index (χ2v) is 4.94. The van der Waals surface area contributed by atoms with Gasteiger partial charge in [-0.15, -0.1) is 0 Å². The van der Waals surface area contributed by atoms with Crippen LogP contribution in [0.2, 0.25) is 0 Å². The van der Waals surface area contributed by atoms with Gasteiger partial charge in [0.1, 0.15) is 0 Å². The molecule has 0 aromatic heterocycles. The lowest BCUT2D eigenvalue weighted by Gasteiger charge is -1.97. The molecule has 3 aromatic rings. The molecule has 5 nitrogen and oxygen atoms in total. The summed E-state index contributed by atoms with van der Waals surface area (Å²) < 4.78 is 0. The minimum absolute atomic E-state index is 0.125. The Balaban J connectivity index is 2.01. The second kappa shape index (κ2) is 4.96. The summed E-state index contributed by atoms with van der Waals surface area (Å²) in [6, 6.07) is 8.57. The molecule has 0 bridgehead atoms. The van der Waals surface area contributed by atoms with Crippen molar-refractivity contribution in [3.63, 3.8) is 0 Å². The summed E-state index contributed by atoms with van der Waals surface area (Å²) in [5.41, 5.74) is 1.06. The number of hydrogen-bond donors (Lipinski definition) is 4. The molecule has 0 saturated heterocycles. The van der Waals surface area contributed by atoms with Crippen molar-refractivity contribution < 1.29 is 20.4 Å². The van der Waals surface area contributed by atoms with Crippen LogP contribution in [0.15, 0.2) is 41.2 Å². The van der Waals surface area contributed by atoms with Gasteiger partial charge in [0.05, 0.1) is 0 Å². The van der Waals surface area contributed by atoms with Gasteiger partial charge in [-0.3, -0.25) is 4.79 Å². The lowest BCUT2D eigenvalue weighted by Crippen LogP contribution is -1.97. The third kappa shape index (κ3) is 2.52. The molecule has 0 spiro atoms. The molecule has 3 rings (SSSR count). The maximum absolute atomic E-state index is 11.8. The van der Waals surface area contributed by atoms with E-state index in [0.29, 0.717) is 21.6 Å². The zero-order valence-electron chi connectivity index (χ0n) is 11.3. The van der Waals surface area contributed by atoms with E-state index in [1.54, 1.807) is 24.3 Å². The van der Waals surface area contributed by atoms with E-state index in [1.165, 1.54) is 24.3 Å². The van der Waals surface area contributed by atoms with Crippen molar-refractivity contribution in [3.05, 3.63) is 68.2 Å².